The van der Waals surface area contributed by atoms with Crippen LogP contribution in [0.15, 0.2) is 18.2 Å². The van der Waals surface area contributed by atoms with E-state index in [1.807, 2.05) is 13.8 Å². The molecule has 0 unspecified atom stereocenters. The molecule has 0 aromatic heterocycles. The first-order valence-electron chi connectivity index (χ1n) is 5.60. The summed E-state index contributed by atoms with van der Waals surface area (Å²) in [4.78, 5) is 0. The van der Waals surface area contributed by atoms with Crippen molar-refractivity contribution >= 4 is 0 Å². The van der Waals surface area contributed by atoms with Gasteiger partial charge in [-0.25, -0.2) is 0 Å². The quantitative estimate of drug-likeness (QED) is 0.756. The standard InChI is InChI=1S/C13H17F3O/c1-8(2)10-6-5-7-11(13(14,15)16)12(10)17-9(3)4/h5-9H,1-4H3. The fourth-order valence-corrected chi connectivity index (χ4v) is 1.60. The van der Waals surface area contributed by atoms with E-state index in [4.69, 9.17) is 4.74 Å². The van der Waals surface area contributed by atoms with Gasteiger partial charge >= 0.3 is 6.18 Å². The highest BCUT2D eigenvalue weighted by molar-refractivity contribution is 5.45. The molecule has 0 spiro atoms. The van der Waals surface area contributed by atoms with Crippen molar-refractivity contribution in [3.63, 3.8) is 0 Å². The van der Waals surface area contributed by atoms with Crippen molar-refractivity contribution in [1.29, 1.82) is 0 Å². The Bertz CT molecular complexity index is 381. The average Bonchev–Trinajstić information content (AvgIpc) is 2.14. The van der Waals surface area contributed by atoms with E-state index in [9.17, 15) is 13.2 Å². The molecule has 17 heavy (non-hydrogen) atoms. The van der Waals surface area contributed by atoms with Crippen molar-refractivity contribution in [1.82, 2.24) is 0 Å². The summed E-state index contributed by atoms with van der Waals surface area (Å²) in [6.45, 7) is 7.14. The van der Waals surface area contributed by atoms with Crippen LogP contribution in [0.5, 0.6) is 5.75 Å². The highest BCUT2D eigenvalue weighted by Crippen LogP contribution is 2.40. The summed E-state index contributed by atoms with van der Waals surface area (Å²) in [7, 11) is 0. The van der Waals surface area contributed by atoms with Crippen LogP contribution in [0, 0.1) is 0 Å². The molecule has 0 aliphatic carbocycles. The van der Waals surface area contributed by atoms with Gasteiger partial charge in [0, 0.05) is 0 Å². The highest BCUT2D eigenvalue weighted by atomic mass is 19.4. The Morgan fingerprint density at radius 2 is 1.65 bits per heavy atom. The molecule has 96 valence electrons. The van der Waals surface area contributed by atoms with Crippen LogP contribution in [0.3, 0.4) is 0 Å². The fourth-order valence-electron chi connectivity index (χ4n) is 1.60. The third-order valence-electron chi connectivity index (χ3n) is 2.33. The van der Waals surface area contributed by atoms with Crippen LogP contribution < -0.4 is 4.74 Å². The number of hydrogen-bond acceptors (Lipinski definition) is 1. The maximum atomic E-state index is 12.9. The molecule has 0 aliphatic heterocycles. The Kier molecular flexibility index (Phi) is 4.07. The van der Waals surface area contributed by atoms with E-state index in [0.717, 1.165) is 6.07 Å². The minimum Gasteiger partial charge on any atom is -0.490 e. The zero-order valence-electron chi connectivity index (χ0n) is 10.4. The van der Waals surface area contributed by atoms with Crippen LogP contribution in [-0.4, -0.2) is 6.10 Å². The molecule has 1 aromatic carbocycles. The molecule has 1 nitrogen and oxygen atoms in total. The second-order valence-corrected chi connectivity index (χ2v) is 4.54. The van der Waals surface area contributed by atoms with Gasteiger partial charge in [0.25, 0.3) is 0 Å². The van der Waals surface area contributed by atoms with Gasteiger partial charge in [-0.15, -0.1) is 0 Å². The molecule has 0 amide bonds. The van der Waals surface area contributed by atoms with Gasteiger partial charge in [-0.2, -0.15) is 13.2 Å². The number of para-hydroxylation sites is 1. The Balaban J connectivity index is 3.34. The first-order valence-corrected chi connectivity index (χ1v) is 5.60. The van der Waals surface area contributed by atoms with Crippen LogP contribution in [0.2, 0.25) is 0 Å². The van der Waals surface area contributed by atoms with Crippen molar-refractivity contribution < 1.29 is 17.9 Å². The molecule has 0 radical (unpaired) electrons. The van der Waals surface area contributed by atoms with E-state index in [1.54, 1.807) is 19.9 Å². The SMILES string of the molecule is CC(C)Oc1c(C(C)C)cccc1C(F)(F)F. The van der Waals surface area contributed by atoms with Crippen molar-refractivity contribution in [2.24, 2.45) is 0 Å². The van der Waals surface area contributed by atoms with E-state index in [0.29, 0.717) is 5.56 Å². The zero-order valence-corrected chi connectivity index (χ0v) is 10.4. The molecule has 0 heterocycles. The largest absolute Gasteiger partial charge is 0.490 e. The number of hydrogen-bond donors (Lipinski definition) is 0. The lowest BCUT2D eigenvalue weighted by Crippen LogP contribution is -2.15. The molecule has 0 saturated carbocycles. The van der Waals surface area contributed by atoms with E-state index < -0.39 is 11.7 Å². The monoisotopic (exact) mass is 246 g/mol. The maximum absolute atomic E-state index is 12.9. The topological polar surface area (TPSA) is 9.23 Å². The maximum Gasteiger partial charge on any atom is 0.419 e. The van der Waals surface area contributed by atoms with Crippen molar-refractivity contribution in [3.05, 3.63) is 29.3 Å². The average molecular weight is 246 g/mol. The predicted molar refractivity (Wildman–Crippen MR) is 61.3 cm³/mol. The molecule has 4 heteroatoms. The van der Waals surface area contributed by atoms with Gasteiger partial charge in [-0.1, -0.05) is 26.0 Å². The summed E-state index contributed by atoms with van der Waals surface area (Å²) in [5.74, 6) is -0.0453. The number of halogens is 3. The highest BCUT2D eigenvalue weighted by Gasteiger charge is 2.35. The smallest absolute Gasteiger partial charge is 0.419 e. The summed E-state index contributed by atoms with van der Waals surface area (Å²) in [6, 6.07) is 4.16. The van der Waals surface area contributed by atoms with Crippen molar-refractivity contribution in [3.8, 4) is 5.75 Å². The summed E-state index contributed by atoms with van der Waals surface area (Å²) >= 11 is 0. The lowest BCUT2D eigenvalue weighted by atomic mass is 9.98. The molecule has 1 aromatic rings. The van der Waals surface area contributed by atoms with Crippen molar-refractivity contribution in [2.45, 2.75) is 45.9 Å². The Hall–Kier alpha value is -1.19. The molecule has 0 aliphatic rings. The molecular formula is C13H17F3O. The van der Waals surface area contributed by atoms with Crippen molar-refractivity contribution in [2.75, 3.05) is 0 Å². The zero-order chi connectivity index (χ0) is 13.2. The summed E-state index contributed by atoms with van der Waals surface area (Å²) in [6.07, 6.45) is -4.66. The number of ether oxygens (including phenoxy) is 1. The van der Waals surface area contributed by atoms with Crippen LogP contribution in [0.1, 0.15) is 44.7 Å². The predicted octanol–water partition coefficient (Wildman–Crippen LogP) is 4.62. The number of alkyl halides is 3. The molecule has 0 N–H and O–H groups in total. The Labute approximate surface area is 99.6 Å². The molecule has 0 saturated heterocycles. The third kappa shape index (κ3) is 3.38. The summed E-state index contributed by atoms with van der Waals surface area (Å²) < 4.78 is 43.9. The number of rotatable bonds is 3. The van der Waals surface area contributed by atoms with Crippen LogP contribution in [-0.2, 0) is 6.18 Å². The molecule has 0 bridgehead atoms. The third-order valence-corrected chi connectivity index (χ3v) is 2.33. The Morgan fingerprint density at radius 1 is 1.06 bits per heavy atom. The molecule has 0 atom stereocenters. The van der Waals surface area contributed by atoms with Gasteiger partial charge in [-0.05, 0) is 31.4 Å². The second-order valence-electron chi connectivity index (χ2n) is 4.54. The van der Waals surface area contributed by atoms with Gasteiger partial charge in [0.15, 0.2) is 0 Å². The lowest BCUT2D eigenvalue weighted by molar-refractivity contribution is -0.139. The van der Waals surface area contributed by atoms with E-state index in [-0.39, 0.29) is 17.8 Å². The summed E-state index contributed by atoms with van der Waals surface area (Å²) in [5.41, 5.74) is -0.106. The van der Waals surface area contributed by atoms with Crippen LogP contribution in [0.25, 0.3) is 0 Å². The molecule has 1 rings (SSSR count). The number of benzene rings is 1. The minimum atomic E-state index is -4.38. The lowest BCUT2D eigenvalue weighted by Gasteiger charge is -2.21. The summed E-state index contributed by atoms with van der Waals surface area (Å²) in [5, 5.41) is 0. The van der Waals surface area contributed by atoms with E-state index >= 15 is 0 Å². The molecular weight excluding hydrogens is 229 g/mol. The second kappa shape index (κ2) is 4.98. The van der Waals surface area contributed by atoms with Gasteiger partial charge < -0.3 is 4.74 Å². The Morgan fingerprint density at radius 3 is 2.06 bits per heavy atom. The first-order chi connectivity index (χ1) is 7.73. The van der Waals surface area contributed by atoms with Gasteiger partial charge in [0.05, 0.1) is 11.7 Å². The van der Waals surface area contributed by atoms with E-state index in [1.165, 1.54) is 6.07 Å². The van der Waals surface area contributed by atoms with Crippen LogP contribution >= 0.6 is 0 Å². The van der Waals surface area contributed by atoms with Gasteiger partial charge in [-0.3, -0.25) is 0 Å². The molecule has 0 fully saturated rings. The van der Waals surface area contributed by atoms with E-state index in [2.05, 4.69) is 0 Å². The van der Waals surface area contributed by atoms with Gasteiger partial charge in [0.2, 0.25) is 0 Å². The minimum absolute atomic E-state index is 0.00829. The van der Waals surface area contributed by atoms with Crippen LogP contribution in [0.4, 0.5) is 13.2 Å². The fraction of sp³-hybridized carbons (Fsp3) is 0.538. The first kappa shape index (κ1) is 13.9. The normalized spacial score (nSPS) is 12.3. The van der Waals surface area contributed by atoms with Gasteiger partial charge in [0.1, 0.15) is 5.75 Å².